The van der Waals surface area contributed by atoms with Crippen molar-refractivity contribution in [2.24, 2.45) is 0 Å². The highest BCUT2D eigenvalue weighted by molar-refractivity contribution is 6.31. The first-order valence-corrected chi connectivity index (χ1v) is 16.7. The second kappa shape index (κ2) is 9.05. The molecule has 48 heavy (non-hydrogen) atoms. The first-order valence-electron chi connectivity index (χ1n) is 16.7. The van der Waals surface area contributed by atoms with Gasteiger partial charge in [0.05, 0.1) is 22.1 Å². The Hall–Kier alpha value is -6.06. The monoisotopic (exact) mass is 614 g/mol. The molecule has 0 amide bonds. The summed E-state index contributed by atoms with van der Waals surface area (Å²) in [7, 11) is 0. The number of benzene rings is 7. The van der Waals surface area contributed by atoms with Crippen molar-refractivity contribution in [3.05, 3.63) is 157 Å². The number of nitrogens with zero attached hydrogens (tertiary/aromatic N) is 2. The second-order valence-electron chi connectivity index (χ2n) is 13.7. The van der Waals surface area contributed by atoms with Crippen molar-refractivity contribution in [3.63, 3.8) is 0 Å². The maximum Gasteiger partial charge on any atom is 0.135 e. The summed E-state index contributed by atoms with van der Waals surface area (Å²) in [6, 6.07) is 52.9. The zero-order valence-electron chi connectivity index (χ0n) is 26.7. The largest absolute Gasteiger partial charge is 0.456 e. The van der Waals surface area contributed by atoms with E-state index in [1.54, 1.807) is 0 Å². The Morgan fingerprint density at radius 1 is 0.479 bits per heavy atom. The van der Waals surface area contributed by atoms with E-state index in [2.05, 4.69) is 163 Å². The van der Waals surface area contributed by atoms with E-state index in [9.17, 15) is 0 Å². The molecule has 0 radical (unpaired) electrons. The lowest BCUT2D eigenvalue weighted by molar-refractivity contribution is 0.667. The molecule has 0 N–H and O–H groups in total. The molecule has 226 valence electrons. The average Bonchev–Trinajstić information content (AvgIpc) is 3.84. The van der Waals surface area contributed by atoms with Crippen LogP contribution in [0.25, 0.3) is 88.1 Å². The lowest BCUT2D eigenvalue weighted by Gasteiger charge is -2.23. The van der Waals surface area contributed by atoms with Gasteiger partial charge in [0.1, 0.15) is 11.2 Å². The predicted octanol–water partition coefficient (Wildman–Crippen LogP) is 12.1. The van der Waals surface area contributed by atoms with Crippen LogP contribution < -0.4 is 0 Å². The quantitative estimate of drug-likeness (QED) is 0.190. The van der Waals surface area contributed by atoms with Gasteiger partial charge in [0.15, 0.2) is 0 Å². The minimum Gasteiger partial charge on any atom is -0.456 e. The van der Waals surface area contributed by atoms with Crippen molar-refractivity contribution in [1.82, 2.24) is 9.13 Å². The summed E-state index contributed by atoms with van der Waals surface area (Å²) >= 11 is 0. The number of hydrogen-bond acceptors (Lipinski definition) is 1. The Balaban J connectivity index is 1.45. The third kappa shape index (κ3) is 3.14. The Bertz CT molecular complexity index is 2970. The van der Waals surface area contributed by atoms with Gasteiger partial charge in [0, 0.05) is 49.1 Å². The minimum absolute atomic E-state index is 0.193. The smallest absolute Gasteiger partial charge is 0.135 e. The molecule has 0 bridgehead atoms. The summed E-state index contributed by atoms with van der Waals surface area (Å²) in [5.74, 6) is 0. The van der Waals surface area contributed by atoms with Gasteiger partial charge in [-0.25, -0.2) is 0 Å². The van der Waals surface area contributed by atoms with E-state index < -0.39 is 0 Å². The maximum absolute atomic E-state index is 6.30. The first kappa shape index (κ1) is 26.1. The van der Waals surface area contributed by atoms with E-state index in [0.29, 0.717) is 0 Å². The molecular formula is C45H30N2O. The van der Waals surface area contributed by atoms with Gasteiger partial charge in [-0.1, -0.05) is 111 Å². The predicted molar refractivity (Wildman–Crippen MR) is 200 cm³/mol. The summed E-state index contributed by atoms with van der Waals surface area (Å²) in [6.07, 6.45) is 0. The molecule has 11 rings (SSSR count). The molecule has 3 heteroatoms. The number of rotatable bonds is 2. The van der Waals surface area contributed by atoms with Crippen LogP contribution in [0.2, 0.25) is 0 Å². The zero-order valence-corrected chi connectivity index (χ0v) is 26.7. The van der Waals surface area contributed by atoms with E-state index in [1.165, 1.54) is 65.9 Å². The molecule has 1 aliphatic carbocycles. The number of hydrogen-bond donors (Lipinski definition) is 0. The van der Waals surface area contributed by atoms with Crippen molar-refractivity contribution >= 4 is 65.6 Å². The van der Waals surface area contributed by atoms with Gasteiger partial charge >= 0.3 is 0 Å². The lowest BCUT2D eigenvalue weighted by atomic mass is 9.80. The van der Waals surface area contributed by atoms with Crippen molar-refractivity contribution < 1.29 is 4.42 Å². The topological polar surface area (TPSA) is 23.0 Å². The fourth-order valence-corrected chi connectivity index (χ4v) is 8.93. The molecule has 1 aliphatic rings. The van der Waals surface area contributed by atoms with E-state index in [0.717, 1.165) is 33.3 Å². The first-order chi connectivity index (χ1) is 23.6. The van der Waals surface area contributed by atoms with Crippen molar-refractivity contribution in [2.75, 3.05) is 0 Å². The molecule has 7 aromatic carbocycles. The molecule has 0 spiro atoms. The summed E-state index contributed by atoms with van der Waals surface area (Å²) in [4.78, 5) is 0. The van der Waals surface area contributed by atoms with Crippen LogP contribution in [0.3, 0.4) is 0 Å². The van der Waals surface area contributed by atoms with Gasteiger partial charge in [-0.2, -0.15) is 0 Å². The highest BCUT2D eigenvalue weighted by Crippen LogP contribution is 2.58. The summed E-state index contributed by atoms with van der Waals surface area (Å²) in [6.45, 7) is 4.82. The van der Waals surface area contributed by atoms with E-state index in [-0.39, 0.29) is 5.41 Å². The molecule has 0 unspecified atom stereocenters. The highest BCUT2D eigenvalue weighted by Gasteiger charge is 2.41. The molecule has 0 fully saturated rings. The van der Waals surface area contributed by atoms with Crippen LogP contribution >= 0.6 is 0 Å². The molecule has 10 aromatic rings. The molecule has 3 aromatic heterocycles. The van der Waals surface area contributed by atoms with Gasteiger partial charge < -0.3 is 13.6 Å². The van der Waals surface area contributed by atoms with Gasteiger partial charge in [-0.3, -0.25) is 0 Å². The van der Waals surface area contributed by atoms with Crippen LogP contribution in [0.5, 0.6) is 0 Å². The van der Waals surface area contributed by atoms with Crippen LogP contribution in [-0.2, 0) is 5.41 Å². The zero-order chi connectivity index (χ0) is 31.7. The molecule has 0 saturated carbocycles. The highest BCUT2D eigenvalue weighted by atomic mass is 16.3. The summed E-state index contributed by atoms with van der Waals surface area (Å²) < 4.78 is 11.3. The fraction of sp³-hybridized carbons (Fsp3) is 0.0667. The number of aromatic nitrogens is 2. The molecule has 0 aliphatic heterocycles. The third-order valence-electron chi connectivity index (χ3n) is 10.9. The number of furan rings is 1. The molecule has 0 atom stereocenters. The maximum atomic E-state index is 6.30. The molecular weight excluding hydrogens is 585 g/mol. The summed E-state index contributed by atoms with van der Waals surface area (Å²) in [5.41, 5.74) is 14.3. The van der Waals surface area contributed by atoms with Crippen molar-refractivity contribution in [1.29, 1.82) is 0 Å². The normalized spacial score (nSPS) is 13.8. The average molecular weight is 615 g/mol. The van der Waals surface area contributed by atoms with Gasteiger partial charge in [-0.05, 0) is 70.8 Å². The van der Waals surface area contributed by atoms with E-state index >= 15 is 0 Å². The van der Waals surface area contributed by atoms with Crippen molar-refractivity contribution in [3.8, 4) is 22.5 Å². The SMILES string of the molecule is CC1(C)c2ccccc2-c2c1c1c3ccccc3n(-c3ccccc3)c1c1c2c2ccccc2n1-c1ccc2oc3ccccc3c2c1. The fourth-order valence-electron chi connectivity index (χ4n) is 8.93. The standard InChI is InChI=1S/C45H30N2O/c1-45(2)34-20-10-6-17-30(34)39-40-31-18-7-11-21-35(31)47(28-24-25-38-33(26-28)29-16-9-13-23-37(29)48-38)43(40)44-41(42(39)45)32-19-8-12-22-36(32)46(44)27-14-4-3-5-15-27/h3-26H,1-2H3. The Labute approximate surface area is 276 Å². The minimum atomic E-state index is -0.193. The van der Waals surface area contributed by atoms with Crippen LogP contribution in [0.1, 0.15) is 25.0 Å². The van der Waals surface area contributed by atoms with Crippen LogP contribution in [-0.4, -0.2) is 9.13 Å². The molecule has 3 nitrogen and oxygen atoms in total. The third-order valence-corrected chi connectivity index (χ3v) is 10.9. The summed E-state index contributed by atoms with van der Waals surface area (Å²) in [5, 5.41) is 7.45. The lowest BCUT2D eigenvalue weighted by Crippen LogP contribution is -2.15. The second-order valence-corrected chi connectivity index (χ2v) is 13.7. The van der Waals surface area contributed by atoms with E-state index in [1.807, 2.05) is 6.07 Å². The van der Waals surface area contributed by atoms with Gasteiger partial charge in [0.2, 0.25) is 0 Å². The number of para-hydroxylation sites is 4. The van der Waals surface area contributed by atoms with Gasteiger partial charge in [-0.15, -0.1) is 0 Å². The molecule has 3 heterocycles. The van der Waals surface area contributed by atoms with Gasteiger partial charge in [0.25, 0.3) is 0 Å². The van der Waals surface area contributed by atoms with Crippen molar-refractivity contribution in [2.45, 2.75) is 19.3 Å². The van der Waals surface area contributed by atoms with Crippen LogP contribution in [0.4, 0.5) is 0 Å². The Morgan fingerprint density at radius 3 is 1.85 bits per heavy atom. The van der Waals surface area contributed by atoms with E-state index in [4.69, 9.17) is 4.42 Å². The Kier molecular flexibility index (Phi) is 4.91. The van der Waals surface area contributed by atoms with Crippen LogP contribution in [0, 0.1) is 0 Å². The Morgan fingerprint density at radius 2 is 1.06 bits per heavy atom. The number of fused-ring (bicyclic) bond motifs is 15. The van der Waals surface area contributed by atoms with Crippen LogP contribution in [0.15, 0.2) is 150 Å². The molecule has 0 saturated heterocycles.